The second kappa shape index (κ2) is 8.86. The molecule has 2 aromatic heterocycles. The van der Waals surface area contributed by atoms with Gasteiger partial charge in [0.05, 0.1) is 37.3 Å². The van der Waals surface area contributed by atoms with Crippen molar-refractivity contribution in [2.45, 2.75) is 18.6 Å². The highest BCUT2D eigenvalue weighted by Gasteiger charge is 2.41. The second-order valence-corrected chi connectivity index (χ2v) is 7.14. The molecule has 1 aliphatic rings. The minimum atomic E-state index is -0.641. The maximum Gasteiger partial charge on any atom is 0.258 e. The number of amides is 2. The van der Waals surface area contributed by atoms with Gasteiger partial charge in [-0.1, -0.05) is 0 Å². The Hall–Kier alpha value is -3.88. The number of hydrogen-bond acceptors (Lipinski definition) is 6. The summed E-state index contributed by atoms with van der Waals surface area (Å²) in [6.45, 7) is 0.277. The molecule has 1 aromatic carbocycles. The average Bonchev–Trinajstić information content (AvgIpc) is 3.46. The smallest absolute Gasteiger partial charge is 0.258 e. The largest absolute Gasteiger partial charge is 0.497 e. The molecule has 0 bridgehead atoms. The summed E-state index contributed by atoms with van der Waals surface area (Å²) in [5, 5.41) is 9.60. The lowest BCUT2D eigenvalue weighted by molar-refractivity contribution is -0.124. The number of aromatic nitrogens is 3. The Balaban J connectivity index is 1.59. The molecule has 9 nitrogen and oxygen atoms in total. The van der Waals surface area contributed by atoms with Gasteiger partial charge in [0.1, 0.15) is 23.6 Å². The zero-order valence-electron chi connectivity index (χ0n) is 17.2. The van der Waals surface area contributed by atoms with Gasteiger partial charge in [-0.15, -0.1) is 0 Å². The summed E-state index contributed by atoms with van der Waals surface area (Å²) < 4.78 is 11.2. The van der Waals surface area contributed by atoms with Gasteiger partial charge in [-0.3, -0.25) is 19.7 Å². The maximum absolute atomic E-state index is 13.4. The summed E-state index contributed by atoms with van der Waals surface area (Å²) in [5.74, 6) is 0.788. The number of rotatable bonds is 6. The summed E-state index contributed by atoms with van der Waals surface area (Å²) in [5.41, 5.74) is 1.77. The number of nitrogens with one attached hydrogen (secondary N) is 2. The minimum absolute atomic E-state index is 0.236. The molecule has 3 heterocycles. The van der Waals surface area contributed by atoms with Crippen molar-refractivity contribution in [2.75, 3.05) is 20.7 Å². The summed E-state index contributed by atoms with van der Waals surface area (Å²) in [4.78, 5) is 31.5. The Labute approximate surface area is 179 Å². The van der Waals surface area contributed by atoms with E-state index in [-0.39, 0.29) is 24.5 Å². The molecule has 0 radical (unpaired) electrons. The van der Waals surface area contributed by atoms with Crippen LogP contribution in [0.25, 0.3) is 11.3 Å². The number of likely N-dealkylation sites (N-methyl/N-ethyl adjacent to an activating group) is 1. The normalized spacial score (nSPS) is 17.9. The molecular formula is C22H23N5O4. The topological polar surface area (TPSA) is 109 Å². The zero-order valence-corrected chi connectivity index (χ0v) is 17.2. The number of methoxy groups -OCH3 is 1. The van der Waals surface area contributed by atoms with Crippen molar-refractivity contribution in [3.63, 3.8) is 0 Å². The summed E-state index contributed by atoms with van der Waals surface area (Å²) in [7, 11) is 3.15. The van der Waals surface area contributed by atoms with E-state index in [1.165, 1.54) is 11.1 Å². The van der Waals surface area contributed by atoms with E-state index >= 15 is 0 Å². The third-order valence-electron chi connectivity index (χ3n) is 5.26. The number of aromatic amines is 1. The molecule has 0 aliphatic carbocycles. The highest BCUT2D eigenvalue weighted by Crippen LogP contribution is 2.29. The van der Waals surface area contributed by atoms with E-state index in [2.05, 4.69) is 20.5 Å². The van der Waals surface area contributed by atoms with Gasteiger partial charge in [-0.25, -0.2) is 0 Å². The fourth-order valence-corrected chi connectivity index (χ4v) is 3.71. The summed E-state index contributed by atoms with van der Waals surface area (Å²) in [6, 6.07) is 10.2. The van der Waals surface area contributed by atoms with Crippen LogP contribution in [0.15, 0.2) is 55.0 Å². The van der Waals surface area contributed by atoms with Crippen LogP contribution in [0.2, 0.25) is 0 Å². The van der Waals surface area contributed by atoms with Gasteiger partial charge in [0.15, 0.2) is 0 Å². The van der Waals surface area contributed by atoms with Gasteiger partial charge < -0.3 is 19.7 Å². The Morgan fingerprint density at radius 3 is 2.65 bits per heavy atom. The van der Waals surface area contributed by atoms with E-state index in [1.54, 1.807) is 38.7 Å². The van der Waals surface area contributed by atoms with E-state index in [0.29, 0.717) is 29.2 Å². The third kappa shape index (κ3) is 4.20. The van der Waals surface area contributed by atoms with Crippen molar-refractivity contribution >= 4 is 11.8 Å². The van der Waals surface area contributed by atoms with Gasteiger partial charge in [0, 0.05) is 25.2 Å². The Bertz CT molecular complexity index is 1050. The van der Waals surface area contributed by atoms with Crippen LogP contribution >= 0.6 is 0 Å². The standard InChI is InChI=1S/C22H23N5O4/c1-23-21(28)19-10-17(31-16-4-3-9-24-11-16)13-27(19)22(29)18-12-25-26-20(18)14-5-7-15(30-2)8-6-14/h3-9,11-12,17,19H,10,13H2,1-2H3,(H,23,28)(H,25,26)/t17-,19-/m0/s1. The first-order valence-electron chi connectivity index (χ1n) is 9.87. The van der Waals surface area contributed by atoms with E-state index in [9.17, 15) is 9.59 Å². The van der Waals surface area contributed by atoms with Gasteiger partial charge >= 0.3 is 0 Å². The van der Waals surface area contributed by atoms with E-state index in [1.807, 2.05) is 24.3 Å². The maximum atomic E-state index is 13.4. The van der Waals surface area contributed by atoms with Crippen molar-refractivity contribution in [1.82, 2.24) is 25.4 Å². The number of hydrogen-bond donors (Lipinski definition) is 2. The predicted octanol–water partition coefficient (Wildman–Crippen LogP) is 1.89. The first-order valence-corrected chi connectivity index (χ1v) is 9.87. The molecule has 160 valence electrons. The molecule has 4 rings (SSSR count). The lowest BCUT2D eigenvalue weighted by Gasteiger charge is -2.23. The fraction of sp³-hybridized carbons (Fsp3) is 0.273. The molecule has 1 fully saturated rings. The first-order chi connectivity index (χ1) is 15.1. The molecule has 9 heteroatoms. The van der Waals surface area contributed by atoms with Crippen molar-refractivity contribution in [3.8, 4) is 22.8 Å². The van der Waals surface area contributed by atoms with Crippen LogP contribution in [0.5, 0.6) is 11.5 Å². The van der Waals surface area contributed by atoms with Crippen LogP contribution in [0.1, 0.15) is 16.8 Å². The molecule has 0 saturated carbocycles. The number of benzene rings is 1. The molecule has 0 unspecified atom stereocenters. The molecule has 0 spiro atoms. The van der Waals surface area contributed by atoms with E-state index in [0.717, 1.165) is 5.56 Å². The van der Waals surface area contributed by atoms with Crippen LogP contribution < -0.4 is 14.8 Å². The van der Waals surface area contributed by atoms with Gasteiger partial charge in [-0.2, -0.15) is 5.10 Å². The number of nitrogens with zero attached hydrogens (tertiary/aromatic N) is 3. The van der Waals surface area contributed by atoms with Crippen LogP contribution in [-0.4, -0.2) is 64.7 Å². The highest BCUT2D eigenvalue weighted by atomic mass is 16.5. The lowest BCUT2D eigenvalue weighted by Crippen LogP contribution is -2.45. The third-order valence-corrected chi connectivity index (χ3v) is 5.26. The van der Waals surface area contributed by atoms with Gasteiger partial charge in [0.25, 0.3) is 5.91 Å². The number of H-pyrrole nitrogens is 1. The number of carbonyl (C=O) groups is 2. The van der Waals surface area contributed by atoms with Crippen LogP contribution in [0.4, 0.5) is 0 Å². The fourth-order valence-electron chi connectivity index (χ4n) is 3.71. The first kappa shape index (κ1) is 20.4. The second-order valence-electron chi connectivity index (χ2n) is 7.14. The SMILES string of the molecule is CNC(=O)[C@@H]1C[C@H](Oc2cccnc2)CN1C(=O)c1cn[nH]c1-c1ccc(OC)cc1. The molecule has 2 atom stereocenters. The van der Waals surface area contributed by atoms with Crippen LogP contribution in [0.3, 0.4) is 0 Å². The van der Waals surface area contributed by atoms with Crippen molar-refractivity contribution < 1.29 is 19.1 Å². The summed E-state index contributed by atoms with van der Waals surface area (Å²) >= 11 is 0. The lowest BCUT2D eigenvalue weighted by atomic mass is 10.1. The van der Waals surface area contributed by atoms with Gasteiger partial charge in [0.2, 0.25) is 5.91 Å². The van der Waals surface area contributed by atoms with Crippen molar-refractivity contribution in [2.24, 2.45) is 0 Å². The van der Waals surface area contributed by atoms with E-state index in [4.69, 9.17) is 9.47 Å². The minimum Gasteiger partial charge on any atom is -0.497 e. The highest BCUT2D eigenvalue weighted by molar-refractivity contribution is 6.02. The zero-order chi connectivity index (χ0) is 21.8. The quantitative estimate of drug-likeness (QED) is 0.629. The molecule has 2 amide bonds. The number of pyridine rings is 1. The number of likely N-dealkylation sites (tertiary alicyclic amines) is 1. The Morgan fingerprint density at radius 1 is 1.16 bits per heavy atom. The van der Waals surface area contributed by atoms with Crippen molar-refractivity contribution in [1.29, 1.82) is 0 Å². The molecule has 1 aliphatic heterocycles. The van der Waals surface area contributed by atoms with Gasteiger partial charge in [-0.05, 0) is 36.4 Å². The Kier molecular flexibility index (Phi) is 5.83. The molecular weight excluding hydrogens is 398 g/mol. The molecule has 31 heavy (non-hydrogen) atoms. The summed E-state index contributed by atoms with van der Waals surface area (Å²) in [6.07, 6.45) is 4.81. The van der Waals surface area contributed by atoms with Crippen LogP contribution in [0, 0.1) is 0 Å². The number of ether oxygens (including phenoxy) is 2. The predicted molar refractivity (Wildman–Crippen MR) is 113 cm³/mol. The average molecular weight is 421 g/mol. The number of carbonyl (C=O) groups excluding carboxylic acids is 2. The molecule has 1 saturated heterocycles. The Morgan fingerprint density at radius 2 is 1.97 bits per heavy atom. The molecule has 2 N–H and O–H groups in total. The monoisotopic (exact) mass is 421 g/mol. The van der Waals surface area contributed by atoms with Crippen LogP contribution in [-0.2, 0) is 4.79 Å². The van der Waals surface area contributed by atoms with Crippen molar-refractivity contribution in [3.05, 3.63) is 60.6 Å². The molecule has 3 aromatic rings. The van der Waals surface area contributed by atoms with E-state index < -0.39 is 6.04 Å².